The highest BCUT2D eigenvalue weighted by Crippen LogP contribution is 2.22. The highest BCUT2D eigenvalue weighted by molar-refractivity contribution is 5.41. The minimum Gasteiger partial charge on any atom is -0.368 e. The highest BCUT2D eigenvalue weighted by Gasteiger charge is 2.23. The van der Waals surface area contributed by atoms with Gasteiger partial charge in [0.1, 0.15) is 5.82 Å². The van der Waals surface area contributed by atoms with Gasteiger partial charge in [0, 0.05) is 25.2 Å². The lowest BCUT2D eigenvalue weighted by atomic mass is 10.1. The quantitative estimate of drug-likeness (QED) is 0.762. The Morgan fingerprint density at radius 3 is 3.14 bits per heavy atom. The summed E-state index contributed by atoms with van der Waals surface area (Å²) in [5.41, 5.74) is 5.47. The highest BCUT2D eigenvalue weighted by atomic mass is 19.1. The van der Waals surface area contributed by atoms with Gasteiger partial charge in [0.2, 0.25) is 5.95 Å². The van der Waals surface area contributed by atoms with E-state index in [2.05, 4.69) is 9.97 Å². The Kier molecular flexibility index (Phi) is 2.47. The van der Waals surface area contributed by atoms with Crippen LogP contribution in [-0.2, 0) is 0 Å². The maximum atomic E-state index is 12.4. The molecule has 1 aromatic rings. The van der Waals surface area contributed by atoms with E-state index in [9.17, 15) is 4.39 Å². The van der Waals surface area contributed by atoms with Gasteiger partial charge >= 0.3 is 0 Å². The van der Waals surface area contributed by atoms with Crippen molar-refractivity contribution in [2.45, 2.75) is 6.42 Å². The number of hydrogen-bond acceptors (Lipinski definition) is 4. The zero-order valence-electron chi connectivity index (χ0n) is 7.86. The molecule has 0 bridgehead atoms. The van der Waals surface area contributed by atoms with Crippen LogP contribution in [0.4, 0.5) is 16.2 Å². The number of anilines is 2. The van der Waals surface area contributed by atoms with Gasteiger partial charge in [-0.05, 0) is 12.5 Å². The fraction of sp³-hybridized carbons (Fsp3) is 0.556. The fourth-order valence-electron chi connectivity index (χ4n) is 1.71. The number of alkyl halides is 1. The Bertz CT molecular complexity index is 317. The van der Waals surface area contributed by atoms with Crippen LogP contribution in [0.15, 0.2) is 12.3 Å². The normalized spacial score (nSPS) is 21.5. The van der Waals surface area contributed by atoms with Crippen LogP contribution in [0.5, 0.6) is 0 Å². The van der Waals surface area contributed by atoms with Gasteiger partial charge in [0.15, 0.2) is 0 Å². The number of nitrogens with zero attached hydrogens (tertiary/aromatic N) is 3. The largest absolute Gasteiger partial charge is 0.368 e. The van der Waals surface area contributed by atoms with Crippen LogP contribution in [0.3, 0.4) is 0 Å². The first-order valence-electron chi connectivity index (χ1n) is 4.69. The molecule has 76 valence electrons. The number of halogens is 1. The molecule has 0 aromatic carbocycles. The molecule has 0 amide bonds. The maximum absolute atomic E-state index is 12.4. The van der Waals surface area contributed by atoms with Crippen molar-refractivity contribution in [3.63, 3.8) is 0 Å². The summed E-state index contributed by atoms with van der Waals surface area (Å²) < 4.78 is 12.4. The standard InChI is InChI=1S/C9H13FN4/c10-5-7-2-4-14(6-7)8-1-3-12-9(11)13-8/h1,3,7H,2,4-6H2,(H2,11,12,13). The van der Waals surface area contributed by atoms with E-state index in [1.165, 1.54) is 0 Å². The van der Waals surface area contributed by atoms with Crippen LogP contribution in [-0.4, -0.2) is 29.7 Å². The molecule has 0 saturated carbocycles. The molecule has 14 heavy (non-hydrogen) atoms. The van der Waals surface area contributed by atoms with Crippen LogP contribution in [0.2, 0.25) is 0 Å². The van der Waals surface area contributed by atoms with Crippen LogP contribution >= 0.6 is 0 Å². The Morgan fingerprint density at radius 1 is 1.64 bits per heavy atom. The van der Waals surface area contributed by atoms with Gasteiger partial charge in [0.25, 0.3) is 0 Å². The molecule has 0 radical (unpaired) electrons. The summed E-state index contributed by atoms with van der Waals surface area (Å²) >= 11 is 0. The molecule has 2 rings (SSSR count). The van der Waals surface area contributed by atoms with Gasteiger partial charge in [-0.25, -0.2) is 4.98 Å². The van der Waals surface area contributed by atoms with E-state index in [1.54, 1.807) is 12.3 Å². The molecule has 1 atom stereocenters. The molecular formula is C9H13FN4. The zero-order chi connectivity index (χ0) is 9.97. The Balaban J connectivity index is 2.09. The lowest BCUT2D eigenvalue weighted by Gasteiger charge is -2.16. The molecule has 1 fully saturated rings. The third-order valence-electron chi connectivity index (χ3n) is 2.49. The van der Waals surface area contributed by atoms with E-state index in [4.69, 9.17) is 5.73 Å². The third-order valence-corrected chi connectivity index (χ3v) is 2.49. The van der Waals surface area contributed by atoms with Crippen molar-refractivity contribution in [2.24, 2.45) is 5.92 Å². The Labute approximate surface area is 82.0 Å². The second-order valence-electron chi connectivity index (χ2n) is 3.53. The Hall–Kier alpha value is -1.39. The molecule has 0 aliphatic carbocycles. The van der Waals surface area contributed by atoms with Crippen molar-refractivity contribution in [3.05, 3.63) is 12.3 Å². The summed E-state index contributed by atoms with van der Waals surface area (Å²) in [6.07, 6.45) is 2.51. The summed E-state index contributed by atoms with van der Waals surface area (Å²) in [4.78, 5) is 9.95. The first-order chi connectivity index (χ1) is 6.79. The summed E-state index contributed by atoms with van der Waals surface area (Å²) in [5, 5.41) is 0. The molecule has 1 unspecified atom stereocenters. The molecule has 1 aliphatic heterocycles. The van der Waals surface area contributed by atoms with E-state index in [1.807, 2.05) is 4.90 Å². The fourth-order valence-corrected chi connectivity index (χ4v) is 1.71. The third kappa shape index (κ3) is 1.76. The van der Waals surface area contributed by atoms with E-state index >= 15 is 0 Å². The molecule has 0 spiro atoms. The smallest absolute Gasteiger partial charge is 0.221 e. The first kappa shape index (κ1) is 9.18. The van der Waals surface area contributed by atoms with Gasteiger partial charge in [-0.3, -0.25) is 4.39 Å². The van der Waals surface area contributed by atoms with E-state index < -0.39 is 0 Å². The van der Waals surface area contributed by atoms with Crippen molar-refractivity contribution >= 4 is 11.8 Å². The van der Waals surface area contributed by atoms with E-state index in [0.717, 1.165) is 25.3 Å². The summed E-state index contributed by atoms with van der Waals surface area (Å²) in [7, 11) is 0. The maximum Gasteiger partial charge on any atom is 0.221 e. The second kappa shape index (κ2) is 3.77. The number of nitrogen functional groups attached to an aromatic ring is 1. The molecule has 5 heteroatoms. The van der Waals surface area contributed by atoms with Gasteiger partial charge in [-0.15, -0.1) is 0 Å². The number of aromatic nitrogens is 2. The second-order valence-corrected chi connectivity index (χ2v) is 3.53. The summed E-state index contributed by atoms with van der Waals surface area (Å²) in [5.74, 6) is 1.21. The molecule has 1 aromatic heterocycles. The van der Waals surface area contributed by atoms with Crippen molar-refractivity contribution in [3.8, 4) is 0 Å². The van der Waals surface area contributed by atoms with E-state index in [-0.39, 0.29) is 18.5 Å². The number of nitrogens with two attached hydrogens (primary N) is 1. The molecule has 1 saturated heterocycles. The van der Waals surface area contributed by atoms with Crippen molar-refractivity contribution in [1.82, 2.24) is 9.97 Å². The van der Waals surface area contributed by atoms with Crippen molar-refractivity contribution in [1.29, 1.82) is 0 Å². The van der Waals surface area contributed by atoms with Crippen molar-refractivity contribution in [2.75, 3.05) is 30.4 Å². The average Bonchev–Trinajstić information content (AvgIpc) is 2.66. The SMILES string of the molecule is Nc1nccc(N2CCC(CF)C2)n1. The van der Waals surface area contributed by atoms with Gasteiger partial charge in [-0.2, -0.15) is 4.98 Å². The monoisotopic (exact) mass is 196 g/mol. The van der Waals surface area contributed by atoms with Crippen molar-refractivity contribution < 1.29 is 4.39 Å². The molecule has 2 N–H and O–H groups in total. The topological polar surface area (TPSA) is 55.0 Å². The lowest BCUT2D eigenvalue weighted by Crippen LogP contribution is -2.21. The molecular weight excluding hydrogens is 183 g/mol. The molecule has 4 nitrogen and oxygen atoms in total. The van der Waals surface area contributed by atoms with Crippen LogP contribution in [0.1, 0.15) is 6.42 Å². The summed E-state index contributed by atoms with van der Waals surface area (Å²) in [6, 6.07) is 1.80. The first-order valence-corrected chi connectivity index (χ1v) is 4.69. The minimum atomic E-state index is -0.253. The summed E-state index contributed by atoms with van der Waals surface area (Å²) in [6.45, 7) is 1.33. The predicted octanol–water partition coefficient (Wildman–Crippen LogP) is 0.855. The number of rotatable bonds is 2. The van der Waals surface area contributed by atoms with Crippen LogP contribution < -0.4 is 10.6 Å². The minimum absolute atomic E-state index is 0.145. The Morgan fingerprint density at radius 2 is 2.50 bits per heavy atom. The van der Waals surface area contributed by atoms with Gasteiger partial charge in [0.05, 0.1) is 6.67 Å². The average molecular weight is 196 g/mol. The zero-order valence-corrected chi connectivity index (χ0v) is 7.86. The van der Waals surface area contributed by atoms with Crippen LogP contribution in [0, 0.1) is 5.92 Å². The molecule has 1 aliphatic rings. The lowest BCUT2D eigenvalue weighted by molar-refractivity contribution is 0.384. The van der Waals surface area contributed by atoms with Gasteiger partial charge in [-0.1, -0.05) is 0 Å². The van der Waals surface area contributed by atoms with E-state index in [0.29, 0.717) is 0 Å². The number of hydrogen-bond donors (Lipinski definition) is 1. The van der Waals surface area contributed by atoms with Gasteiger partial charge < -0.3 is 10.6 Å². The molecule has 2 heterocycles. The van der Waals surface area contributed by atoms with Crippen LogP contribution in [0.25, 0.3) is 0 Å². The predicted molar refractivity (Wildman–Crippen MR) is 52.7 cm³/mol.